The predicted octanol–water partition coefficient (Wildman–Crippen LogP) is 3.69. The summed E-state index contributed by atoms with van der Waals surface area (Å²) in [5.74, 6) is 0.271. The van der Waals surface area contributed by atoms with Crippen molar-refractivity contribution >= 4 is 11.3 Å². The van der Waals surface area contributed by atoms with Crippen LogP contribution in [-0.4, -0.2) is 18.6 Å². The standard InChI is InChI=1S/C15H19FN2OS/c1-4-7-17-14(15-10(2)18-9-20-15)12-6-5-11(19-3)8-13(12)16/h5-6,8-9,14,17H,4,7H2,1-3H3. The normalized spacial score (nSPS) is 12.4. The highest BCUT2D eigenvalue weighted by Gasteiger charge is 2.21. The number of hydrogen-bond donors (Lipinski definition) is 1. The van der Waals surface area contributed by atoms with E-state index in [-0.39, 0.29) is 11.9 Å². The average molecular weight is 294 g/mol. The summed E-state index contributed by atoms with van der Waals surface area (Å²) in [5.41, 5.74) is 3.37. The Kier molecular flexibility index (Phi) is 5.09. The summed E-state index contributed by atoms with van der Waals surface area (Å²) in [6.07, 6.45) is 0.992. The molecular weight excluding hydrogens is 275 g/mol. The van der Waals surface area contributed by atoms with Crippen LogP contribution in [0.3, 0.4) is 0 Å². The maximum atomic E-state index is 14.3. The highest BCUT2D eigenvalue weighted by atomic mass is 32.1. The summed E-state index contributed by atoms with van der Waals surface area (Å²) >= 11 is 1.55. The minimum Gasteiger partial charge on any atom is -0.497 e. The number of aryl methyl sites for hydroxylation is 1. The topological polar surface area (TPSA) is 34.1 Å². The van der Waals surface area contributed by atoms with E-state index in [1.807, 2.05) is 6.92 Å². The highest BCUT2D eigenvalue weighted by Crippen LogP contribution is 2.31. The molecule has 0 amide bonds. The maximum absolute atomic E-state index is 14.3. The Hall–Kier alpha value is -1.46. The van der Waals surface area contributed by atoms with E-state index in [9.17, 15) is 4.39 Å². The Labute approximate surface area is 122 Å². The predicted molar refractivity (Wildman–Crippen MR) is 79.9 cm³/mol. The van der Waals surface area contributed by atoms with E-state index in [1.165, 1.54) is 13.2 Å². The minimum atomic E-state index is -0.259. The number of rotatable bonds is 6. The molecule has 0 spiro atoms. The lowest BCUT2D eigenvalue weighted by Crippen LogP contribution is -2.24. The van der Waals surface area contributed by atoms with Crippen molar-refractivity contribution in [1.82, 2.24) is 10.3 Å². The van der Waals surface area contributed by atoms with Crippen LogP contribution in [0.25, 0.3) is 0 Å². The van der Waals surface area contributed by atoms with Crippen molar-refractivity contribution in [3.05, 3.63) is 45.7 Å². The van der Waals surface area contributed by atoms with Crippen molar-refractivity contribution in [2.24, 2.45) is 0 Å². The Morgan fingerprint density at radius 1 is 1.45 bits per heavy atom. The van der Waals surface area contributed by atoms with Gasteiger partial charge in [-0.2, -0.15) is 0 Å². The first kappa shape index (κ1) is 14.9. The first-order valence-electron chi connectivity index (χ1n) is 6.64. The van der Waals surface area contributed by atoms with Gasteiger partial charge < -0.3 is 10.1 Å². The molecule has 0 aliphatic heterocycles. The molecule has 2 rings (SSSR count). The van der Waals surface area contributed by atoms with Crippen LogP contribution in [0.4, 0.5) is 4.39 Å². The molecule has 1 aromatic heterocycles. The van der Waals surface area contributed by atoms with Crippen LogP contribution in [0.5, 0.6) is 5.75 Å². The molecule has 0 radical (unpaired) electrons. The number of methoxy groups -OCH3 is 1. The van der Waals surface area contributed by atoms with E-state index in [4.69, 9.17) is 4.74 Å². The van der Waals surface area contributed by atoms with Gasteiger partial charge in [0, 0.05) is 16.5 Å². The summed E-state index contributed by atoms with van der Waals surface area (Å²) in [5, 5.41) is 3.40. The second-order valence-electron chi connectivity index (χ2n) is 4.58. The van der Waals surface area contributed by atoms with Gasteiger partial charge in [0.25, 0.3) is 0 Å². The summed E-state index contributed by atoms with van der Waals surface area (Å²) in [4.78, 5) is 5.32. The molecule has 1 atom stereocenters. The van der Waals surface area contributed by atoms with Gasteiger partial charge in [0.1, 0.15) is 11.6 Å². The van der Waals surface area contributed by atoms with Gasteiger partial charge in [0.05, 0.1) is 24.4 Å². The van der Waals surface area contributed by atoms with Crippen LogP contribution in [-0.2, 0) is 0 Å². The molecule has 1 aromatic carbocycles. The average Bonchev–Trinajstić information content (AvgIpc) is 2.87. The Balaban J connectivity index is 2.38. The fraction of sp³-hybridized carbons (Fsp3) is 0.400. The molecule has 0 bridgehead atoms. The SMILES string of the molecule is CCCNC(c1ccc(OC)cc1F)c1scnc1C. The van der Waals surface area contributed by atoms with Gasteiger partial charge in [-0.05, 0) is 26.0 Å². The molecule has 0 saturated carbocycles. The number of ether oxygens (including phenoxy) is 1. The first-order chi connectivity index (χ1) is 9.67. The Morgan fingerprint density at radius 3 is 2.80 bits per heavy atom. The highest BCUT2D eigenvalue weighted by molar-refractivity contribution is 7.09. The zero-order chi connectivity index (χ0) is 14.5. The number of nitrogens with one attached hydrogen (secondary N) is 1. The van der Waals surface area contributed by atoms with Crippen LogP contribution >= 0.6 is 11.3 Å². The quantitative estimate of drug-likeness (QED) is 0.882. The Morgan fingerprint density at radius 2 is 2.25 bits per heavy atom. The fourth-order valence-corrected chi connectivity index (χ4v) is 2.98. The number of thiazole rings is 1. The number of halogens is 1. The number of hydrogen-bond acceptors (Lipinski definition) is 4. The maximum Gasteiger partial charge on any atom is 0.132 e. The molecular formula is C15H19FN2OS. The van der Waals surface area contributed by atoms with Gasteiger partial charge >= 0.3 is 0 Å². The summed E-state index contributed by atoms with van der Waals surface area (Å²) in [6, 6.07) is 4.83. The first-order valence-corrected chi connectivity index (χ1v) is 7.52. The van der Waals surface area contributed by atoms with Crippen molar-refractivity contribution in [2.75, 3.05) is 13.7 Å². The summed E-state index contributed by atoms with van der Waals surface area (Å²) < 4.78 is 19.4. The molecule has 0 aliphatic rings. The van der Waals surface area contributed by atoms with Crippen LogP contribution in [0.15, 0.2) is 23.7 Å². The third-order valence-corrected chi connectivity index (χ3v) is 4.16. The van der Waals surface area contributed by atoms with Crippen molar-refractivity contribution in [3.63, 3.8) is 0 Å². The van der Waals surface area contributed by atoms with E-state index in [1.54, 1.807) is 29.0 Å². The van der Waals surface area contributed by atoms with E-state index in [0.717, 1.165) is 23.5 Å². The molecule has 3 nitrogen and oxygen atoms in total. The Bertz CT molecular complexity index is 571. The van der Waals surface area contributed by atoms with E-state index < -0.39 is 0 Å². The van der Waals surface area contributed by atoms with Crippen LogP contribution in [0, 0.1) is 12.7 Å². The number of nitrogens with zero attached hydrogens (tertiary/aromatic N) is 1. The molecule has 0 aliphatic carbocycles. The third-order valence-electron chi connectivity index (χ3n) is 3.16. The second kappa shape index (κ2) is 6.81. The molecule has 1 N–H and O–H groups in total. The molecule has 0 fully saturated rings. The van der Waals surface area contributed by atoms with E-state index >= 15 is 0 Å². The van der Waals surface area contributed by atoms with Crippen molar-refractivity contribution in [3.8, 4) is 5.75 Å². The van der Waals surface area contributed by atoms with Gasteiger partial charge in [0.15, 0.2) is 0 Å². The van der Waals surface area contributed by atoms with Gasteiger partial charge in [0.2, 0.25) is 0 Å². The zero-order valence-corrected chi connectivity index (χ0v) is 12.8. The van der Waals surface area contributed by atoms with E-state index in [0.29, 0.717) is 11.3 Å². The van der Waals surface area contributed by atoms with Crippen LogP contribution < -0.4 is 10.1 Å². The van der Waals surface area contributed by atoms with Gasteiger partial charge in [-0.1, -0.05) is 13.0 Å². The largest absolute Gasteiger partial charge is 0.497 e. The smallest absolute Gasteiger partial charge is 0.132 e. The van der Waals surface area contributed by atoms with Gasteiger partial charge in [-0.15, -0.1) is 11.3 Å². The lowest BCUT2D eigenvalue weighted by atomic mass is 10.0. The van der Waals surface area contributed by atoms with E-state index in [2.05, 4.69) is 17.2 Å². The van der Waals surface area contributed by atoms with Crippen molar-refractivity contribution < 1.29 is 9.13 Å². The van der Waals surface area contributed by atoms with Crippen LogP contribution in [0.1, 0.15) is 35.5 Å². The monoisotopic (exact) mass is 294 g/mol. The minimum absolute atomic E-state index is 0.159. The molecule has 1 heterocycles. The number of benzene rings is 1. The zero-order valence-electron chi connectivity index (χ0n) is 11.9. The van der Waals surface area contributed by atoms with Crippen molar-refractivity contribution in [1.29, 1.82) is 0 Å². The fourth-order valence-electron chi connectivity index (χ4n) is 2.09. The molecule has 20 heavy (non-hydrogen) atoms. The summed E-state index contributed by atoms with van der Waals surface area (Å²) in [6.45, 7) is 4.87. The lowest BCUT2D eigenvalue weighted by Gasteiger charge is -2.19. The third kappa shape index (κ3) is 3.16. The van der Waals surface area contributed by atoms with Crippen LogP contribution in [0.2, 0.25) is 0 Å². The van der Waals surface area contributed by atoms with Gasteiger partial charge in [-0.25, -0.2) is 9.37 Å². The second-order valence-corrected chi connectivity index (χ2v) is 5.46. The molecule has 2 aromatic rings. The van der Waals surface area contributed by atoms with Gasteiger partial charge in [-0.3, -0.25) is 0 Å². The summed E-state index contributed by atoms with van der Waals surface area (Å²) in [7, 11) is 1.54. The van der Waals surface area contributed by atoms with Crippen molar-refractivity contribution in [2.45, 2.75) is 26.3 Å². The molecule has 5 heteroatoms. The number of aromatic nitrogens is 1. The molecule has 1 unspecified atom stereocenters. The molecule has 108 valence electrons. The molecule has 0 saturated heterocycles. The lowest BCUT2D eigenvalue weighted by molar-refractivity contribution is 0.410.